The fourth-order valence-electron chi connectivity index (χ4n) is 2.05. The molecule has 1 amide bonds. The van der Waals surface area contributed by atoms with Gasteiger partial charge in [0.05, 0.1) is 16.9 Å². The van der Waals surface area contributed by atoms with Crippen LogP contribution < -0.4 is 16.4 Å². The number of benzene rings is 1. The molecular formula is C16H14ClN5OS. The number of nitrogens with zero attached hydrogens (tertiary/aromatic N) is 2. The molecule has 3 rings (SSSR count). The highest BCUT2D eigenvalue weighted by Crippen LogP contribution is 2.28. The van der Waals surface area contributed by atoms with E-state index >= 15 is 0 Å². The number of hydrogen-bond acceptors (Lipinski definition) is 6. The predicted octanol–water partition coefficient (Wildman–Crippen LogP) is 3.65. The van der Waals surface area contributed by atoms with Crippen molar-refractivity contribution in [1.82, 2.24) is 9.97 Å². The van der Waals surface area contributed by atoms with Crippen molar-refractivity contribution in [1.29, 1.82) is 0 Å². The van der Waals surface area contributed by atoms with Crippen LogP contribution in [0.4, 0.5) is 16.5 Å². The van der Waals surface area contributed by atoms with E-state index in [2.05, 4.69) is 20.6 Å². The Balaban J connectivity index is 1.75. The number of aromatic nitrogens is 2. The van der Waals surface area contributed by atoms with E-state index in [1.165, 1.54) is 17.5 Å². The Hall–Kier alpha value is -2.48. The van der Waals surface area contributed by atoms with E-state index in [1.54, 1.807) is 24.5 Å². The number of rotatable bonds is 5. The standard InChI is InChI=1S/C16H14ClN5OS/c17-12-3-1-2-10(8-18)14(12)22-15(23)13-9-20-16(24-13)21-11-4-6-19-7-5-11/h1-7,9H,8,18H2,(H,22,23)(H,19,20,21). The molecule has 0 spiro atoms. The normalized spacial score (nSPS) is 10.4. The zero-order valence-electron chi connectivity index (χ0n) is 12.5. The van der Waals surface area contributed by atoms with Gasteiger partial charge in [-0.2, -0.15) is 0 Å². The summed E-state index contributed by atoms with van der Waals surface area (Å²) in [7, 11) is 0. The molecule has 0 aliphatic carbocycles. The maximum atomic E-state index is 12.4. The number of carbonyl (C=O) groups excluding carboxylic acids is 1. The summed E-state index contributed by atoms with van der Waals surface area (Å²) in [6.45, 7) is 0.285. The van der Waals surface area contributed by atoms with Gasteiger partial charge in [0.2, 0.25) is 0 Å². The smallest absolute Gasteiger partial charge is 0.267 e. The topological polar surface area (TPSA) is 92.9 Å². The Labute approximate surface area is 147 Å². The van der Waals surface area contributed by atoms with Gasteiger partial charge >= 0.3 is 0 Å². The first-order valence-corrected chi connectivity index (χ1v) is 8.28. The molecule has 0 atom stereocenters. The summed E-state index contributed by atoms with van der Waals surface area (Å²) in [6.07, 6.45) is 4.87. The lowest BCUT2D eigenvalue weighted by atomic mass is 10.1. The minimum atomic E-state index is -0.280. The second-order valence-corrected chi connectivity index (χ2v) is 6.26. The van der Waals surface area contributed by atoms with Gasteiger partial charge in [0.25, 0.3) is 5.91 Å². The first-order valence-electron chi connectivity index (χ1n) is 7.09. The lowest BCUT2D eigenvalue weighted by Crippen LogP contribution is -2.13. The van der Waals surface area contributed by atoms with Crippen molar-refractivity contribution in [2.24, 2.45) is 5.73 Å². The zero-order valence-corrected chi connectivity index (χ0v) is 14.1. The van der Waals surface area contributed by atoms with Crippen LogP contribution in [0.5, 0.6) is 0 Å². The van der Waals surface area contributed by atoms with E-state index in [9.17, 15) is 4.79 Å². The Morgan fingerprint density at radius 1 is 1.25 bits per heavy atom. The van der Waals surface area contributed by atoms with Crippen molar-refractivity contribution >= 4 is 45.4 Å². The average Bonchev–Trinajstić information content (AvgIpc) is 3.06. The molecule has 0 unspecified atom stereocenters. The molecule has 0 bridgehead atoms. The van der Waals surface area contributed by atoms with Crippen molar-refractivity contribution in [2.45, 2.75) is 6.54 Å². The number of nitrogens with two attached hydrogens (primary N) is 1. The SMILES string of the molecule is NCc1cccc(Cl)c1NC(=O)c1cnc(Nc2ccncc2)s1. The summed E-state index contributed by atoms with van der Waals surface area (Å²) in [4.78, 5) is 21.0. The van der Waals surface area contributed by atoms with Crippen molar-refractivity contribution in [2.75, 3.05) is 10.6 Å². The van der Waals surface area contributed by atoms with E-state index < -0.39 is 0 Å². The number of nitrogens with one attached hydrogen (secondary N) is 2. The van der Waals surface area contributed by atoms with Gasteiger partial charge in [-0.3, -0.25) is 9.78 Å². The average molecular weight is 360 g/mol. The second kappa shape index (κ2) is 7.39. The van der Waals surface area contributed by atoms with Gasteiger partial charge in [-0.25, -0.2) is 4.98 Å². The van der Waals surface area contributed by atoms with Crippen molar-refractivity contribution in [3.8, 4) is 0 Å². The van der Waals surface area contributed by atoms with Crippen LogP contribution in [0.25, 0.3) is 0 Å². The highest BCUT2D eigenvalue weighted by Gasteiger charge is 2.14. The van der Waals surface area contributed by atoms with E-state index in [0.29, 0.717) is 20.7 Å². The summed E-state index contributed by atoms with van der Waals surface area (Å²) >= 11 is 7.40. The molecule has 24 heavy (non-hydrogen) atoms. The van der Waals surface area contributed by atoms with E-state index in [-0.39, 0.29) is 12.5 Å². The minimum absolute atomic E-state index is 0.280. The Bertz CT molecular complexity index is 853. The van der Waals surface area contributed by atoms with Gasteiger partial charge in [-0.15, -0.1) is 0 Å². The highest BCUT2D eigenvalue weighted by atomic mass is 35.5. The Morgan fingerprint density at radius 3 is 2.79 bits per heavy atom. The molecule has 1 aromatic carbocycles. The lowest BCUT2D eigenvalue weighted by molar-refractivity contribution is 0.103. The molecule has 0 saturated carbocycles. The van der Waals surface area contributed by atoms with Crippen LogP contribution in [-0.2, 0) is 6.54 Å². The first kappa shape index (κ1) is 16.4. The van der Waals surface area contributed by atoms with Crippen molar-refractivity contribution < 1.29 is 4.79 Å². The maximum Gasteiger partial charge on any atom is 0.267 e. The van der Waals surface area contributed by atoms with Gasteiger partial charge in [-0.1, -0.05) is 35.1 Å². The molecule has 0 aliphatic rings. The minimum Gasteiger partial charge on any atom is -0.331 e. The number of pyridine rings is 1. The summed E-state index contributed by atoms with van der Waals surface area (Å²) in [6, 6.07) is 8.96. The van der Waals surface area contributed by atoms with E-state index in [0.717, 1.165) is 11.3 Å². The van der Waals surface area contributed by atoms with Crippen LogP contribution in [0.15, 0.2) is 48.9 Å². The maximum absolute atomic E-state index is 12.4. The second-order valence-electron chi connectivity index (χ2n) is 4.82. The Morgan fingerprint density at radius 2 is 2.04 bits per heavy atom. The van der Waals surface area contributed by atoms with Crippen LogP contribution in [-0.4, -0.2) is 15.9 Å². The third kappa shape index (κ3) is 3.70. The molecule has 3 aromatic rings. The molecule has 0 saturated heterocycles. The fraction of sp³-hybridized carbons (Fsp3) is 0.0625. The number of para-hydroxylation sites is 1. The predicted molar refractivity (Wildman–Crippen MR) is 96.9 cm³/mol. The zero-order chi connectivity index (χ0) is 16.9. The quantitative estimate of drug-likeness (QED) is 0.646. The molecule has 4 N–H and O–H groups in total. The van der Waals surface area contributed by atoms with Gasteiger partial charge < -0.3 is 16.4 Å². The van der Waals surface area contributed by atoms with E-state index in [4.69, 9.17) is 17.3 Å². The number of halogens is 1. The number of hydrogen-bond donors (Lipinski definition) is 3. The third-order valence-electron chi connectivity index (χ3n) is 3.22. The van der Waals surface area contributed by atoms with Crippen LogP contribution in [0, 0.1) is 0 Å². The van der Waals surface area contributed by atoms with Crippen LogP contribution >= 0.6 is 22.9 Å². The van der Waals surface area contributed by atoms with Crippen LogP contribution in [0.1, 0.15) is 15.2 Å². The Kier molecular flexibility index (Phi) is 5.05. The van der Waals surface area contributed by atoms with Crippen molar-refractivity contribution in [3.05, 3.63) is 64.4 Å². The van der Waals surface area contributed by atoms with Gasteiger partial charge in [0.1, 0.15) is 4.88 Å². The molecule has 2 heterocycles. The van der Waals surface area contributed by atoms with Crippen LogP contribution in [0.3, 0.4) is 0 Å². The number of carbonyl (C=O) groups is 1. The number of amides is 1. The monoisotopic (exact) mass is 359 g/mol. The fourth-order valence-corrected chi connectivity index (χ4v) is 3.02. The first-order chi connectivity index (χ1) is 11.7. The molecule has 0 aliphatic heterocycles. The highest BCUT2D eigenvalue weighted by molar-refractivity contribution is 7.17. The third-order valence-corrected chi connectivity index (χ3v) is 4.45. The van der Waals surface area contributed by atoms with Crippen molar-refractivity contribution in [3.63, 3.8) is 0 Å². The van der Waals surface area contributed by atoms with Crippen LogP contribution in [0.2, 0.25) is 5.02 Å². The number of thiazole rings is 1. The molecule has 0 fully saturated rings. The summed E-state index contributed by atoms with van der Waals surface area (Å²) in [5.74, 6) is -0.280. The number of anilines is 3. The molecule has 122 valence electrons. The van der Waals surface area contributed by atoms with E-state index in [1.807, 2.05) is 18.2 Å². The van der Waals surface area contributed by atoms with Gasteiger partial charge in [0, 0.05) is 24.6 Å². The molecule has 6 nitrogen and oxygen atoms in total. The molecule has 2 aromatic heterocycles. The molecular weight excluding hydrogens is 346 g/mol. The summed E-state index contributed by atoms with van der Waals surface area (Å²) in [5, 5.41) is 6.99. The molecule has 8 heteroatoms. The van der Waals surface area contributed by atoms with Gasteiger partial charge in [0.15, 0.2) is 5.13 Å². The summed E-state index contributed by atoms with van der Waals surface area (Å²) < 4.78 is 0. The lowest BCUT2D eigenvalue weighted by Gasteiger charge is -2.10. The molecule has 0 radical (unpaired) electrons. The summed E-state index contributed by atoms with van der Waals surface area (Å²) in [5.41, 5.74) is 7.84. The van der Waals surface area contributed by atoms with Gasteiger partial charge in [-0.05, 0) is 23.8 Å². The largest absolute Gasteiger partial charge is 0.331 e.